The molecule has 19 heavy (non-hydrogen) atoms. The summed E-state index contributed by atoms with van der Waals surface area (Å²) in [6.45, 7) is 6.67. The van der Waals surface area contributed by atoms with Gasteiger partial charge in [0.15, 0.2) is 0 Å². The van der Waals surface area contributed by atoms with Crippen molar-refractivity contribution in [1.29, 1.82) is 0 Å². The molecule has 1 aromatic heterocycles. The zero-order chi connectivity index (χ0) is 13.6. The van der Waals surface area contributed by atoms with E-state index in [2.05, 4.69) is 37.5 Å². The van der Waals surface area contributed by atoms with Gasteiger partial charge in [-0.15, -0.1) is 11.6 Å². The van der Waals surface area contributed by atoms with Crippen LogP contribution < -0.4 is 0 Å². The van der Waals surface area contributed by atoms with Crippen LogP contribution in [0.5, 0.6) is 0 Å². The fourth-order valence-corrected chi connectivity index (χ4v) is 3.56. The molecule has 2 atom stereocenters. The highest BCUT2D eigenvalue weighted by Gasteiger charge is 2.28. The topological polar surface area (TPSA) is 17.8 Å². The predicted molar refractivity (Wildman–Crippen MR) is 80.8 cm³/mol. The number of hydrogen-bond acceptors (Lipinski definition) is 1. The van der Waals surface area contributed by atoms with Crippen LogP contribution in [-0.2, 0) is 5.88 Å². The lowest BCUT2D eigenvalue weighted by molar-refractivity contribution is 0.408. The van der Waals surface area contributed by atoms with Crippen LogP contribution in [0, 0.1) is 19.8 Å². The summed E-state index contributed by atoms with van der Waals surface area (Å²) in [6.07, 6.45) is 3.89. The Bertz CT molecular complexity index is 615. The van der Waals surface area contributed by atoms with Crippen molar-refractivity contribution >= 4 is 22.6 Å². The number of aromatic nitrogens is 2. The van der Waals surface area contributed by atoms with Crippen molar-refractivity contribution in [2.24, 2.45) is 5.92 Å². The minimum absolute atomic E-state index is 0.496. The molecule has 0 spiro atoms. The predicted octanol–water partition coefficient (Wildman–Crippen LogP) is 4.75. The maximum absolute atomic E-state index is 6.13. The SMILES string of the molecule is Cc1cc2nc(CCl)n(C3CCCC3C)c2cc1C. The summed E-state index contributed by atoms with van der Waals surface area (Å²) < 4.78 is 2.41. The molecule has 0 aliphatic heterocycles. The lowest BCUT2D eigenvalue weighted by Gasteiger charge is -2.20. The van der Waals surface area contributed by atoms with E-state index in [0.29, 0.717) is 11.9 Å². The van der Waals surface area contributed by atoms with E-state index in [1.165, 1.54) is 35.9 Å². The Morgan fingerprint density at radius 1 is 1.26 bits per heavy atom. The molecule has 1 saturated carbocycles. The third kappa shape index (κ3) is 2.06. The zero-order valence-corrected chi connectivity index (χ0v) is 12.7. The van der Waals surface area contributed by atoms with Crippen LogP contribution in [0.1, 0.15) is 49.2 Å². The Balaban J connectivity index is 2.23. The van der Waals surface area contributed by atoms with E-state index in [0.717, 1.165) is 17.3 Å². The number of fused-ring (bicyclic) bond motifs is 1. The Labute approximate surface area is 119 Å². The van der Waals surface area contributed by atoms with E-state index in [4.69, 9.17) is 16.6 Å². The first-order valence-electron chi connectivity index (χ1n) is 7.16. The van der Waals surface area contributed by atoms with Crippen molar-refractivity contribution in [3.63, 3.8) is 0 Å². The van der Waals surface area contributed by atoms with Crippen molar-refractivity contribution in [2.45, 2.75) is 52.0 Å². The van der Waals surface area contributed by atoms with Crippen LogP contribution in [0.3, 0.4) is 0 Å². The summed E-state index contributed by atoms with van der Waals surface area (Å²) >= 11 is 6.13. The average molecular weight is 277 g/mol. The van der Waals surface area contributed by atoms with E-state index in [-0.39, 0.29) is 0 Å². The molecule has 0 N–H and O–H groups in total. The quantitative estimate of drug-likeness (QED) is 0.724. The highest BCUT2D eigenvalue weighted by molar-refractivity contribution is 6.16. The molecule has 1 aliphatic rings. The number of imidazole rings is 1. The van der Waals surface area contributed by atoms with Gasteiger partial charge in [0.2, 0.25) is 0 Å². The Kier molecular flexibility index (Phi) is 3.30. The summed E-state index contributed by atoms with van der Waals surface area (Å²) in [5.74, 6) is 2.25. The number of hydrogen-bond donors (Lipinski definition) is 0. The number of nitrogens with zero attached hydrogens (tertiary/aromatic N) is 2. The Morgan fingerprint density at radius 3 is 2.63 bits per heavy atom. The molecule has 2 unspecified atom stereocenters. The third-order valence-corrected chi connectivity index (χ3v) is 4.88. The first-order valence-corrected chi connectivity index (χ1v) is 7.69. The summed E-state index contributed by atoms with van der Waals surface area (Å²) in [6, 6.07) is 5.04. The second kappa shape index (κ2) is 4.82. The van der Waals surface area contributed by atoms with Crippen LogP contribution >= 0.6 is 11.6 Å². The van der Waals surface area contributed by atoms with Crippen LogP contribution in [0.15, 0.2) is 12.1 Å². The maximum Gasteiger partial charge on any atom is 0.125 e. The fourth-order valence-electron chi connectivity index (χ4n) is 3.37. The molecule has 2 aromatic rings. The highest BCUT2D eigenvalue weighted by Crippen LogP contribution is 2.38. The molecule has 3 rings (SSSR count). The molecule has 1 aliphatic carbocycles. The molecule has 102 valence electrons. The van der Waals surface area contributed by atoms with Crippen molar-refractivity contribution in [2.75, 3.05) is 0 Å². The Hall–Kier alpha value is -1.02. The third-order valence-electron chi connectivity index (χ3n) is 4.65. The van der Waals surface area contributed by atoms with Gasteiger partial charge >= 0.3 is 0 Å². The van der Waals surface area contributed by atoms with Gasteiger partial charge in [0.25, 0.3) is 0 Å². The summed E-state index contributed by atoms with van der Waals surface area (Å²) in [5.41, 5.74) is 4.99. The van der Waals surface area contributed by atoms with E-state index >= 15 is 0 Å². The van der Waals surface area contributed by atoms with Crippen LogP contribution in [0.4, 0.5) is 0 Å². The van der Waals surface area contributed by atoms with Crippen LogP contribution in [-0.4, -0.2) is 9.55 Å². The number of halogens is 1. The second-order valence-electron chi connectivity index (χ2n) is 5.93. The van der Waals surface area contributed by atoms with Gasteiger partial charge in [-0.2, -0.15) is 0 Å². The molecule has 1 fully saturated rings. The molecular weight excluding hydrogens is 256 g/mol. The van der Waals surface area contributed by atoms with Gasteiger partial charge in [0, 0.05) is 6.04 Å². The summed E-state index contributed by atoms with van der Waals surface area (Å²) in [4.78, 5) is 4.74. The zero-order valence-electron chi connectivity index (χ0n) is 11.9. The van der Waals surface area contributed by atoms with Crippen LogP contribution in [0.2, 0.25) is 0 Å². The van der Waals surface area contributed by atoms with Gasteiger partial charge in [0.1, 0.15) is 5.82 Å². The average Bonchev–Trinajstić information content (AvgIpc) is 2.93. The first kappa shape index (κ1) is 13.0. The smallest absolute Gasteiger partial charge is 0.125 e. The Morgan fingerprint density at radius 2 is 2.00 bits per heavy atom. The van der Waals surface area contributed by atoms with Gasteiger partial charge in [-0.05, 0) is 55.9 Å². The number of alkyl halides is 1. The molecule has 0 radical (unpaired) electrons. The normalized spacial score (nSPS) is 23.4. The first-order chi connectivity index (χ1) is 9.11. The van der Waals surface area contributed by atoms with Crippen molar-refractivity contribution in [3.8, 4) is 0 Å². The minimum atomic E-state index is 0.496. The molecule has 0 bridgehead atoms. The standard InChI is InChI=1S/C16H21ClN2/c1-10-5-4-6-14(10)19-15-8-12(3)11(2)7-13(15)18-16(19)9-17/h7-8,10,14H,4-6,9H2,1-3H3. The molecule has 0 saturated heterocycles. The van der Waals surface area contributed by atoms with Gasteiger partial charge in [-0.3, -0.25) is 0 Å². The van der Waals surface area contributed by atoms with Gasteiger partial charge in [0.05, 0.1) is 16.9 Å². The number of benzene rings is 1. The second-order valence-corrected chi connectivity index (χ2v) is 6.20. The van der Waals surface area contributed by atoms with Gasteiger partial charge in [-0.1, -0.05) is 13.3 Å². The molecule has 3 heteroatoms. The van der Waals surface area contributed by atoms with E-state index in [1.54, 1.807) is 0 Å². The number of rotatable bonds is 2. The van der Waals surface area contributed by atoms with Crippen molar-refractivity contribution in [3.05, 3.63) is 29.1 Å². The minimum Gasteiger partial charge on any atom is -0.324 e. The lowest BCUT2D eigenvalue weighted by Crippen LogP contribution is -2.14. The molecule has 0 amide bonds. The number of aryl methyl sites for hydroxylation is 2. The molecule has 2 nitrogen and oxygen atoms in total. The van der Waals surface area contributed by atoms with Gasteiger partial charge in [-0.25, -0.2) is 4.98 Å². The van der Waals surface area contributed by atoms with Crippen molar-refractivity contribution in [1.82, 2.24) is 9.55 Å². The summed E-state index contributed by atoms with van der Waals surface area (Å²) in [7, 11) is 0. The maximum atomic E-state index is 6.13. The molecule has 1 aromatic carbocycles. The summed E-state index contributed by atoms with van der Waals surface area (Å²) in [5, 5.41) is 0. The van der Waals surface area contributed by atoms with E-state index in [1.807, 2.05) is 0 Å². The molecule has 1 heterocycles. The lowest BCUT2D eigenvalue weighted by atomic mass is 10.0. The van der Waals surface area contributed by atoms with Gasteiger partial charge < -0.3 is 4.57 Å². The van der Waals surface area contributed by atoms with Crippen LogP contribution in [0.25, 0.3) is 11.0 Å². The largest absolute Gasteiger partial charge is 0.324 e. The van der Waals surface area contributed by atoms with Crippen molar-refractivity contribution < 1.29 is 0 Å². The fraction of sp³-hybridized carbons (Fsp3) is 0.562. The molecular formula is C16H21ClN2. The van der Waals surface area contributed by atoms with E-state index in [9.17, 15) is 0 Å². The van der Waals surface area contributed by atoms with E-state index < -0.39 is 0 Å². The monoisotopic (exact) mass is 276 g/mol. The highest BCUT2D eigenvalue weighted by atomic mass is 35.5.